The van der Waals surface area contributed by atoms with Crippen LogP contribution in [0.5, 0.6) is 0 Å². The number of aliphatic hydroxyl groups excluding tert-OH is 2. The molecule has 0 fully saturated rings. The molecule has 0 amide bonds. The summed E-state index contributed by atoms with van der Waals surface area (Å²) in [5.74, 6) is 0.765. The molecule has 0 aromatic heterocycles. The molecule has 1 aromatic rings. The fourth-order valence-corrected chi connectivity index (χ4v) is 1.90. The molecule has 0 heterocycles. The zero-order chi connectivity index (χ0) is 11.1. The van der Waals surface area contributed by atoms with E-state index in [4.69, 9.17) is 10.2 Å². The number of aliphatic hydroxyl groups is 2. The Morgan fingerprint density at radius 1 is 1.33 bits per heavy atom. The van der Waals surface area contributed by atoms with Crippen molar-refractivity contribution in [2.45, 2.75) is 6.10 Å². The van der Waals surface area contributed by atoms with Gasteiger partial charge in [-0.1, -0.05) is 30.3 Å². The van der Waals surface area contributed by atoms with Crippen molar-refractivity contribution in [2.24, 2.45) is 0 Å². The molecule has 2 N–H and O–H groups in total. The Kier molecular flexibility index (Phi) is 5.39. The van der Waals surface area contributed by atoms with Crippen LogP contribution >= 0.6 is 11.8 Å². The van der Waals surface area contributed by atoms with E-state index >= 15 is 0 Å². The predicted octanol–water partition coefficient (Wildman–Crippen LogP) is 0.956. The maximum Gasteiger partial charge on any atom is 0.172 e. The van der Waals surface area contributed by atoms with Crippen molar-refractivity contribution in [3.8, 4) is 0 Å². The Hall–Kier alpha value is -0.840. The smallest absolute Gasteiger partial charge is 0.172 e. The lowest BCUT2D eigenvalue weighted by Gasteiger charge is -2.05. The summed E-state index contributed by atoms with van der Waals surface area (Å²) in [6, 6.07) is 9.04. The number of hydrogen-bond acceptors (Lipinski definition) is 4. The molecule has 3 nitrogen and oxygen atoms in total. The lowest BCUT2D eigenvalue weighted by molar-refractivity contribution is 0.102. The number of benzene rings is 1. The van der Waals surface area contributed by atoms with E-state index in [0.29, 0.717) is 17.1 Å². The van der Waals surface area contributed by atoms with Gasteiger partial charge in [0.25, 0.3) is 0 Å². The average molecular weight is 226 g/mol. The molecule has 82 valence electrons. The number of ketones is 1. The number of hydrogen-bond donors (Lipinski definition) is 2. The number of Topliss-reactive ketones (excluding diaryl/α,β-unsaturated/α-hetero) is 1. The van der Waals surface area contributed by atoms with Crippen LogP contribution in [0.25, 0.3) is 0 Å². The molecule has 15 heavy (non-hydrogen) atoms. The minimum atomic E-state index is -0.737. The standard InChI is InChI=1S/C11H14O3S/c12-6-10(13)7-15-8-11(14)9-4-2-1-3-5-9/h1-5,10,12-13H,6-8H2. The summed E-state index contributed by atoms with van der Waals surface area (Å²) in [5, 5.41) is 17.6. The van der Waals surface area contributed by atoms with Gasteiger partial charge in [0.1, 0.15) is 0 Å². The highest BCUT2D eigenvalue weighted by molar-refractivity contribution is 8.00. The van der Waals surface area contributed by atoms with E-state index in [0.717, 1.165) is 0 Å². The molecule has 0 aliphatic heterocycles. The number of thioether (sulfide) groups is 1. The van der Waals surface area contributed by atoms with Crippen molar-refractivity contribution >= 4 is 17.5 Å². The normalized spacial score (nSPS) is 12.4. The van der Waals surface area contributed by atoms with Crippen LogP contribution in [-0.4, -0.2) is 40.2 Å². The third-order valence-electron chi connectivity index (χ3n) is 1.85. The maximum atomic E-state index is 11.5. The lowest BCUT2D eigenvalue weighted by atomic mass is 10.2. The molecule has 0 radical (unpaired) electrons. The van der Waals surface area contributed by atoms with Crippen LogP contribution in [0.2, 0.25) is 0 Å². The highest BCUT2D eigenvalue weighted by Crippen LogP contribution is 2.08. The highest BCUT2D eigenvalue weighted by atomic mass is 32.2. The first-order valence-electron chi connectivity index (χ1n) is 4.69. The van der Waals surface area contributed by atoms with Crippen molar-refractivity contribution in [1.82, 2.24) is 0 Å². The minimum Gasteiger partial charge on any atom is -0.394 e. The second-order valence-electron chi connectivity index (χ2n) is 3.14. The molecule has 0 saturated heterocycles. The number of carbonyl (C=O) groups excluding carboxylic acids is 1. The monoisotopic (exact) mass is 226 g/mol. The van der Waals surface area contributed by atoms with Gasteiger partial charge in [-0.3, -0.25) is 4.79 Å². The van der Waals surface area contributed by atoms with Gasteiger partial charge < -0.3 is 10.2 Å². The van der Waals surface area contributed by atoms with Gasteiger partial charge in [0, 0.05) is 11.3 Å². The molecule has 0 bridgehead atoms. The minimum absolute atomic E-state index is 0.0470. The first-order chi connectivity index (χ1) is 7.24. The molecule has 0 saturated carbocycles. The summed E-state index contributed by atoms with van der Waals surface area (Å²) in [4.78, 5) is 11.5. The predicted molar refractivity (Wildman–Crippen MR) is 61.2 cm³/mol. The lowest BCUT2D eigenvalue weighted by Crippen LogP contribution is -2.16. The zero-order valence-corrected chi connectivity index (χ0v) is 9.11. The van der Waals surface area contributed by atoms with Crippen LogP contribution in [0.4, 0.5) is 0 Å². The van der Waals surface area contributed by atoms with Crippen molar-refractivity contribution in [3.05, 3.63) is 35.9 Å². The van der Waals surface area contributed by atoms with Crippen LogP contribution in [-0.2, 0) is 0 Å². The molecule has 4 heteroatoms. The number of rotatable bonds is 6. The van der Waals surface area contributed by atoms with Gasteiger partial charge in [-0.15, -0.1) is 0 Å². The Labute approximate surface area is 93.1 Å². The second-order valence-corrected chi connectivity index (χ2v) is 4.17. The fourth-order valence-electron chi connectivity index (χ4n) is 1.05. The SMILES string of the molecule is O=C(CSCC(O)CO)c1ccccc1. The Balaban J connectivity index is 2.31. The average Bonchev–Trinajstić information content (AvgIpc) is 2.29. The van der Waals surface area contributed by atoms with E-state index in [-0.39, 0.29) is 12.4 Å². The summed E-state index contributed by atoms with van der Waals surface area (Å²) >= 11 is 1.33. The molecule has 1 aromatic carbocycles. The summed E-state index contributed by atoms with van der Waals surface area (Å²) in [6.07, 6.45) is -0.737. The maximum absolute atomic E-state index is 11.5. The molecule has 1 atom stereocenters. The summed E-state index contributed by atoms with van der Waals surface area (Å²) in [6.45, 7) is -0.257. The van der Waals surface area contributed by atoms with Crippen molar-refractivity contribution < 1.29 is 15.0 Å². The topological polar surface area (TPSA) is 57.5 Å². The van der Waals surface area contributed by atoms with Gasteiger partial charge >= 0.3 is 0 Å². The molecular weight excluding hydrogens is 212 g/mol. The van der Waals surface area contributed by atoms with Gasteiger partial charge in [-0.25, -0.2) is 0 Å². The molecule has 0 aliphatic rings. The fraction of sp³-hybridized carbons (Fsp3) is 0.364. The van der Waals surface area contributed by atoms with Crippen LogP contribution in [0.1, 0.15) is 10.4 Å². The van der Waals surface area contributed by atoms with E-state index in [2.05, 4.69) is 0 Å². The first-order valence-corrected chi connectivity index (χ1v) is 5.84. The van der Waals surface area contributed by atoms with E-state index in [1.165, 1.54) is 11.8 Å². The van der Waals surface area contributed by atoms with E-state index < -0.39 is 6.10 Å². The van der Waals surface area contributed by atoms with Crippen LogP contribution in [0, 0.1) is 0 Å². The van der Waals surface area contributed by atoms with Gasteiger partial charge in [-0.05, 0) is 0 Å². The van der Waals surface area contributed by atoms with Crippen LogP contribution in [0.3, 0.4) is 0 Å². The van der Waals surface area contributed by atoms with Crippen LogP contribution in [0.15, 0.2) is 30.3 Å². The van der Waals surface area contributed by atoms with E-state index in [1.807, 2.05) is 18.2 Å². The summed E-state index contributed by atoms with van der Waals surface area (Å²) in [5.41, 5.74) is 0.684. The van der Waals surface area contributed by atoms with Crippen LogP contribution < -0.4 is 0 Å². The summed E-state index contributed by atoms with van der Waals surface area (Å²) in [7, 11) is 0. The van der Waals surface area contributed by atoms with Gasteiger partial charge in [0.2, 0.25) is 0 Å². The van der Waals surface area contributed by atoms with Crippen molar-refractivity contribution in [3.63, 3.8) is 0 Å². The third-order valence-corrected chi connectivity index (χ3v) is 2.94. The largest absolute Gasteiger partial charge is 0.394 e. The molecule has 1 rings (SSSR count). The number of carbonyl (C=O) groups is 1. The van der Waals surface area contributed by atoms with Gasteiger partial charge in [0.05, 0.1) is 18.5 Å². The van der Waals surface area contributed by atoms with E-state index in [1.54, 1.807) is 12.1 Å². The Bertz CT molecular complexity index is 300. The molecule has 1 unspecified atom stereocenters. The van der Waals surface area contributed by atoms with Crippen molar-refractivity contribution in [1.29, 1.82) is 0 Å². The molecular formula is C11H14O3S. The summed E-state index contributed by atoms with van der Waals surface area (Å²) < 4.78 is 0. The first kappa shape index (κ1) is 12.2. The third kappa shape index (κ3) is 4.46. The zero-order valence-electron chi connectivity index (χ0n) is 8.30. The Morgan fingerprint density at radius 3 is 2.60 bits per heavy atom. The van der Waals surface area contributed by atoms with E-state index in [9.17, 15) is 4.79 Å². The Morgan fingerprint density at radius 2 is 2.00 bits per heavy atom. The van der Waals surface area contributed by atoms with Gasteiger partial charge in [0.15, 0.2) is 5.78 Å². The highest BCUT2D eigenvalue weighted by Gasteiger charge is 2.07. The van der Waals surface area contributed by atoms with Crippen molar-refractivity contribution in [2.75, 3.05) is 18.1 Å². The quantitative estimate of drug-likeness (QED) is 0.709. The molecule has 0 aliphatic carbocycles. The molecule has 0 spiro atoms. The second kappa shape index (κ2) is 6.61. The van der Waals surface area contributed by atoms with Gasteiger partial charge in [-0.2, -0.15) is 11.8 Å².